The highest BCUT2D eigenvalue weighted by atomic mass is 16.2. The van der Waals surface area contributed by atoms with Crippen LogP contribution in [0, 0.1) is 12.8 Å². The molecule has 1 fully saturated rings. The molecule has 0 amide bonds. The topological polar surface area (TPSA) is 82.7 Å². The van der Waals surface area contributed by atoms with Gasteiger partial charge in [-0.05, 0) is 37.3 Å². The molecule has 0 N–H and O–H groups in total. The van der Waals surface area contributed by atoms with Crippen molar-refractivity contribution in [3.63, 3.8) is 0 Å². The summed E-state index contributed by atoms with van der Waals surface area (Å²) in [6, 6.07) is 9.67. The van der Waals surface area contributed by atoms with E-state index in [0.29, 0.717) is 29.5 Å². The van der Waals surface area contributed by atoms with Gasteiger partial charge in [-0.1, -0.05) is 54.8 Å². The second-order valence-corrected chi connectivity index (χ2v) is 8.48. The van der Waals surface area contributed by atoms with Crippen LogP contribution in [-0.4, -0.2) is 36.7 Å². The van der Waals surface area contributed by atoms with Crippen LogP contribution in [0.5, 0.6) is 0 Å². The first kappa shape index (κ1) is 19.6. The molecule has 0 saturated heterocycles. The SMILES string of the molecule is CC[C@@H]1CCC[C@@H]1n1nnc2cnc3c(ccn3C(=O)C(C=O)c3ccc(C)cc3)c21. The zero-order valence-corrected chi connectivity index (χ0v) is 17.7. The van der Waals surface area contributed by atoms with E-state index in [1.807, 2.05) is 41.9 Å². The third-order valence-corrected chi connectivity index (χ3v) is 6.68. The van der Waals surface area contributed by atoms with Crippen molar-refractivity contribution >= 4 is 34.3 Å². The first-order chi connectivity index (χ1) is 15.1. The smallest absolute Gasteiger partial charge is 0.247 e. The average Bonchev–Trinajstić information content (AvgIpc) is 3.51. The van der Waals surface area contributed by atoms with Crippen molar-refractivity contribution in [1.29, 1.82) is 0 Å². The highest BCUT2D eigenvalue weighted by Crippen LogP contribution is 2.39. The lowest BCUT2D eigenvalue weighted by molar-refractivity contribution is -0.108. The van der Waals surface area contributed by atoms with Gasteiger partial charge in [-0.25, -0.2) is 9.67 Å². The molecule has 158 valence electrons. The van der Waals surface area contributed by atoms with Crippen molar-refractivity contribution < 1.29 is 9.59 Å². The maximum atomic E-state index is 13.3. The summed E-state index contributed by atoms with van der Waals surface area (Å²) >= 11 is 0. The van der Waals surface area contributed by atoms with Gasteiger partial charge in [-0.15, -0.1) is 5.10 Å². The molecule has 1 unspecified atom stereocenters. The van der Waals surface area contributed by atoms with Gasteiger partial charge in [-0.3, -0.25) is 9.36 Å². The predicted octanol–water partition coefficient (Wildman–Crippen LogP) is 4.46. The van der Waals surface area contributed by atoms with Crippen LogP contribution >= 0.6 is 0 Å². The van der Waals surface area contributed by atoms with Crippen LogP contribution in [0.25, 0.3) is 22.1 Å². The molecule has 1 aromatic carbocycles. The van der Waals surface area contributed by atoms with Gasteiger partial charge in [0.15, 0.2) is 0 Å². The predicted molar refractivity (Wildman–Crippen MR) is 118 cm³/mol. The molecule has 4 aromatic rings. The third kappa shape index (κ3) is 3.15. The van der Waals surface area contributed by atoms with Crippen molar-refractivity contribution in [3.05, 3.63) is 53.9 Å². The molecule has 1 aliphatic carbocycles. The quantitative estimate of drug-likeness (QED) is 0.355. The summed E-state index contributed by atoms with van der Waals surface area (Å²) in [5.41, 5.74) is 3.93. The Balaban J connectivity index is 1.60. The number of carbonyl (C=O) groups is 2. The van der Waals surface area contributed by atoms with Gasteiger partial charge in [0.1, 0.15) is 28.9 Å². The molecule has 7 heteroatoms. The molecule has 7 nitrogen and oxygen atoms in total. The van der Waals surface area contributed by atoms with Crippen LogP contribution in [0.4, 0.5) is 0 Å². The van der Waals surface area contributed by atoms with Gasteiger partial charge in [0, 0.05) is 11.6 Å². The largest absolute Gasteiger partial charge is 0.302 e. The number of rotatable bonds is 5. The van der Waals surface area contributed by atoms with E-state index in [0.717, 1.165) is 34.8 Å². The standard InChI is InChI=1S/C24H25N5O2/c1-3-16-5-4-6-21(16)29-22-18-11-12-28(23(18)25-13-20(22)26-27-29)24(31)19(14-30)17-9-7-15(2)8-10-17/h7-14,16,19,21H,3-6H2,1-2H3/t16-,19?,21+/m1/s1. The van der Waals surface area contributed by atoms with Gasteiger partial charge in [0.25, 0.3) is 0 Å². The number of pyridine rings is 1. The second-order valence-electron chi connectivity index (χ2n) is 8.48. The van der Waals surface area contributed by atoms with Crippen molar-refractivity contribution in [2.24, 2.45) is 5.92 Å². The maximum absolute atomic E-state index is 13.3. The number of benzene rings is 1. The Kier molecular flexibility index (Phi) is 4.88. The Morgan fingerprint density at radius 2 is 2.03 bits per heavy atom. The monoisotopic (exact) mass is 415 g/mol. The van der Waals surface area contributed by atoms with Crippen LogP contribution < -0.4 is 0 Å². The molecular formula is C24H25N5O2. The molecule has 1 saturated carbocycles. The van der Waals surface area contributed by atoms with Crippen LogP contribution in [0.2, 0.25) is 0 Å². The Bertz CT molecular complexity index is 1270. The Morgan fingerprint density at radius 1 is 1.23 bits per heavy atom. The number of nitrogens with zero attached hydrogens (tertiary/aromatic N) is 5. The molecular weight excluding hydrogens is 390 g/mol. The van der Waals surface area contributed by atoms with Crippen LogP contribution in [0.15, 0.2) is 42.7 Å². The van der Waals surface area contributed by atoms with E-state index in [2.05, 4.69) is 22.2 Å². The zero-order valence-electron chi connectivity index (χ0n) is 17.7. The van der Waals surface area contributed by atoms with Crippen molar-refractivity contribution in [3.8, 4) is 0 Å². The zero-order chi connectivity index (χ0) is 21.5. The highest BCUT2D eigenvalue weighted by Gasteiger charge is 2.31. The Labute approximate surface area is 180 Å². The lowest BCUT2D eigenvalue weighted by atomic mass is 9.98. The minimum absolute atomic E-state index is 0.313. The minimum Gasteiger partial charge on any atom is -0.302 e. The lowest BCUT2D eigenvalue weighted by Crippen LogP contribution is -2.21. The summed E-state index contributed by atoms with van der Waals surface area (Å²) in [5.74, 6) is -0.610. The molecule has 3 heterocycles. The first-order valence-electron chi connectivity index (χ1n) is 10.9. The van der Waals surface area contributed by atoms with Crippen LogP contribution in [0.1, 0.15) is 60.5 Å². The summed E-state index contributed by atoms with van der Waals surface area (Å²) in [6.45, 7) is 4.19. The van der Waals surface area contributed by atoms with Crippen molar-refractivity contribution in [2.75, 3.05) is 0 Å². The summed E-state index contributed by atoms with van der Waals surface area (Å²) in [7, 11) is 0. The van der Waals surface area contributed by atoms with Crippen molar-refractivity contribution in [1.82, 2.24) is 24.5 Å². The fraction of sp³-hybridized carbons (Fsp3) is 0.375. The van der Waals surface area contributed by atoms with Crippen LogP contribution in [0.3, 0.4) is 0 Å². The number of hydrogen-bond acceptors (Lipinski definition) is 5. The number of carbonyl (C=O) groups excluding carboxylic acids is 2. The number of hydrogen-bond donors (Lipinski definition) is 0. The fourth-order valence-electron chi connectivity index (χ4n) is 4.95. The van der Waals surface area contributed by atoms with E-state index in [1.165, 1.54) is 17.4 Å². The van der Waals surface area contributed by atoms with E-state index in [1.54, 1.807) is 12.4 Å². The molecule has 0 radical (unpaired) electrons. The normalized spacial score (nSPS) is 19.8. The summed E-state index contributed by atoms with van der Waals surface area (Å²) in [4.78, 5) is 29.7. The van der Waals surface area contributed by atoms with E-state index < -0.39 is 5.92 Å². The van der Waals surface area contributed by atoms with E-state index in [9.17, 15) is 9.59 Å². The molecule has 3 atom stereocenters. The third-order valence-electron chi connectivity index (χ3n) is 6.68. The van der Waals surface area contributed by atoms with E-state index in [4.69, 9.17) is 0 Å². The highest BCUT2D eigenvalue weighted by molar-refractivity contribution is 6.07. The summed E-state index contributed by atoms with van der Waals surface area (Å²) < 4.78 is 3.52. The van der Waals surface area contributed by atoms with E-state index in [-0.39, 0.29) is 5.91 Å². The van der Waals surface area contributed by atoms with E-state index >= 15 is 0 Å². The molecule has 0 bridgehead atoms. The molecule has 5 rings (SSSR count). The Morgan fingerprint density at radius 3 is 2.77 bits per heavy atom. The summed E-state index contributed by atoms with van der Waals surface area (Å²) in [6.07, 6.45) is 8.66. The van der Waals surface area contributed by atoms with Crippen molar-refractivity contribution in [2.45, 2.75) is 51.5 Å². The van der Waals surface area contributed by atoms with Gasteiger partial charge >= 0.3 is 0 Å². The number of fused-ring (bicyclic) bond motifs is 3. The Hall–Kier alpha value is -3.35. The lowest BCUT2D eigenvalue weighted by Gasteiger charge is -2.18. The minimum atomic E-state index is -0.879. The molecule has 31 heavy (non-hydrogen) atoms. The van der Waals surface area contributed by atoms with Gasteiger partial charge in [0.05, 0.1) is 12.2 Å². The van der Waals surface area contributed by atoms with Gasteiger partial charge in [0.2, 0.25) is 5.91 Å². The van der Waals surface area contributed by atoms with Gasteiger partial charge < -0.3 is 4.79 Å². The molecule has 1 aliphatic rings. The summed E-state index contributed by atoms with van der Waals surface area (Å²) in [5, 5.41) is 9.65. The van der Waals surface area contributed by atoms with Crippen LogP contribution in [-0.2, 0) is 4.79 Å². The molecule has 0 aliphatic heterocycles. The second kappa shape index (κ2) is 7.72. The van der Waals surface area contributed by atoms with Gasteiger partial charge in [-0.2, -0.15) is 0 Å². The maximum Gasteiger partial charge on any atom is 0.247 e. The number of aryl methyl sites for hydroxylation is 1. The number of aromatic nitrogens is 5. The molecule has 0 spiro atoms. The fourth-order valence-corrected chi connectivity index (χ4v) is 4.95. The number of aldehydes is 1. The average molecular weight is 415 g/mol. The molecule has 3 aromatic heterocycles. The first-order valence-corrected chi connectivity index (χ1v) is 10.9.